The van der Waals surface area contributed by atoms with E-state index in [-0.39, 0.29) is 24.4 Å². The number of hydrogen-bond acceptors (Lipinski definition) is 5. The molecule has 0 aromatic heterocycles. The van der Waals surface area contributed by atoms with E-state index in [1.807, 2.05) is 55.5 Å². The van der Waals surface area contributed by atoms with Crippen LogP contribution in [0.25, 0.3) is 0 Å². The Kier molecular flexibility index (Phi) is 6.62. The number of benzene rings is 4. The SMILES string of the molecule is C[C@H](NC(=O)c1ccc2c(c1)N(Cc1ccccc1)C(=O)c1ccccc1[S@@]2=O)c1ccc2c(c1)OCCO2. The maximum absolute atomic E-state index is 13.8. The number of anilines is 1. The Balaban J connectivity index is 1.34. The van der Waals surface area contributed by atoms with Crippen molar-refractivity contribution in [2.24, 2.45) is 0 Å². The molecule has 0 spiro atoms. The molecule has 39 heavy (non-hydrogen) atoms. The van der Waals surface area contributed by atoms with E-state index in [1.54, 1.807) is 47.4 Å². The number of rotatable bonds is 5. The Morgan fingerprint density at radius 1 is 0.897 bits per heavy atom. The number of nitrogens with one attached hydrogen (secondary N) is 1. The molecule has 2 amide bonds. The molecule has 2 aliphatic heterocycles. The third-order valence-corrected chi connectivity index (χ3v) is 8.37. The van der Waals surface area contributed by atoms with Gasteiger partial charge in [-0.25, -0.2) is 4.21 Å². The Bertz CT molecular complexity index is 1600. The predicted octanol–water partition coefficient (Wildman–Crippen LogP) is 5.28. The molecule has 196 valence electrons. The van der Waals surface area contributed by atoms with Gasteiger partial charge in [0.15, 0.2) is 11.5 Å². The fourth-order valence-electron chi connectivity index (χ4n) is 4.82. The highest BCUT2D eigenvalue weighted by atomic mass is 32.2. The van der Waals surface area contributed by atoms with Crippen molar-refractivity contribution in [1.29, 1.82) is 0 Å². The van der Waals surface area contributed by atoms with E-state index < -0.39 is 10.8 Å². The minimum absolute atomic E-state index is 0.260. The van der Waals surface area contributed by atoms with Gasteiger partial charge in [0.2, 0.25) is 0 Å². The second-order valence-electron chi connectivity index (χ2n) is 9.42. The number of fused-ring (bicyclic) bond motifs is 3. The molecule has 0 saturated heterocycles. The highest BCUT2D eigenvalue weighted by molar-refractivity contribution is 7.85. The molecule has 4 aromatic rings. The van der Waals surface area contributed by atoms with Crippen LogP contribution in [-0.2, 0) is 17.3 Å². The van der Waals surface area contributed by atoms with Crippen LogP contribution in [-0.4, -0.2) is 29.2 Å². The van der Waals surface area contributed by atoms with Crippen LogP contribution in [0.1, 0.15) is 44.8 Å². The normalized spacial score (nSPS) is 16.5. The molecule has 4 aromatic carbocycles. The number of nitrogens with zero attached hydrogens (tertiary/aromatic N) is 1. The lowest BCUT2D eigenvalue weighted by Crippen LogP contribution is -2.31. The molecular weight excluding hydrogens is 512 g/mol. The number of hydrogen-bond donors (Lipinski definition) is 1. The maximum atomic E-state index is 13.8. The van der Waals surface area contributed by atoms with Gasteiger partial charge in [-0.3, -0.25) is 9.59 Å². The van der Waals surface area contributed by atoms with Gasteiger partial charge in [-0.15, -0.1) is 0 Å². The lowest BCUT2D eigenvalue weighted by molar-refractivity contribution is 0.0937. The van der Waals surface area contributed by atoms with Crippen molar-refractivity contribution in [3.8, 4) is 11.5 Å². The van der Waals surface area contributed by atoms with Crippen molar-refractivity contribution in [1.82, 2.24) is 5.32 Å². The van der Waals surface area contributed by atoms with E-state index >= 15 is 0 Å². The number of ether oxygens (including phenoxy) is 2. The van der Waals surface area contributed by atoms with Crippen molar-refractivity contribution in [3.63, 3.8) is 0 Å². The van der Waals surface area contributed by atoms with E-state index in [0.29, 0.717) is 51.3 Å². The topological polar surface area (TPSA) is 84.9 Å². The van der Waals surface area contributed by atoms with Crippen molar-refractivity contribution < 1.29 is 23.3 Å². The van der Waals surface area contributed by atoms with Gasteiger partial charge in [0.05, 0.1) is 44.4 Å². The zero-order chi connectivity index (χ0) is 26.9. The predicted molar refractivity (Wildman–Crippen MR) is 148 cm³/mol. The molecule has 0 unspecified atom stereocenters. The third-order valence-electron chi connectivity index (χ3n) is 6.87. The van der Waals surface area contributed by atoms with Crippen LogP contribution in [0.5, 0.6) is 11.5 Å². The summed E-state index contributed by atoms with van der Waals surface area (Å²) in [7, 11) is -1.59. The van der Waals surface area contributed by atoms with Gasteiger partial charge < -0.3 is 19.7 Å². The Morgan fingerprint density at radius 2 is 1.64 bits per heavy atom. The molecule has 8 heteroatoms. The highest BCUT2D eigenvalue weighted by Crippen LogP contribution is 2.36. The Hall–Kier alpha value is -4.43. The van der Waals surface area contributed by atoms with Crippen molar-refractivity contribution in [2.45, 2.75) is 29.3 Å². The summed E-state index contributed by atoms with van der Waals surface area (Å²) in [6, 6.07) is 26.9. The first-order chi connectivity index (χ1) is 19.0. The molecule has 6 rings (SSSR count). The summed E-state index contributed by atoms with van der Waals surface area (Å²) in [6.07, 6.45) is 0. The summed E-state index contributed by atoms with van der Waals surface area (Å²) in [4.78, 5) is 29.7. The highest BCUT2D eigenvalue weighted by Gasteiger charge is 2.31. The van der Waals surface area contributed by atoms with Gasteiger partial charge in [0.25, 0.3) is 11.8 Å². The molecule has 2 aliphatic rings. The van der Waals surface area contributed by atoms with Gasteiger partial charge in [0, 0.05) is 5.56 Å². The van der Waals surface area contributed by atoms with E-state index in [2.05, 4.69) is 5.32 Å². The van der Waals surface area contributed by atoms with E-state index in [1.165, 1.54) is 0 Å². The average molecular weight is 539 g/mol. The Morgan fingerprint density at radius 3 is 2.46 bits per heavy atom. The second kappa shape index (κ2) is 10.4. The first-order valence-corrected chi connectivity index (χ1v) is 13.9. The summed E-state index contributed by atoms with van der Waals surface area (Å²) in [5.74, 6) is 0.775. The molecule has 1 N–H and O–H groups in total. The molecular formula is C31H26N2O5S. The van der Waals surface area contributed by atoms with Crippen LogP contribution in [0.15, 0.2) is 101 Å². The molecule has 7 nitrogen and oxygen atoms in total. The summed E-state index contributed by atoms with van der Waals surface area (Å²) in [5, 5.41) is 3.03. The van der Waals surface area contributed by atoms with Crippen molar-refractivity contribution >= 4 is 28.3 Å². The van der Waals surface area contributed by atoms with Crippen LogP contribution in [0.4, 0.5) is 5.69 Å². The van der Waals surface area contributed by atoms with Crippen LogP contribution < -0.4 is 19.7 Å². The van der Waals surface area contributed by atoms with Crippen molar-refractivity contribution in [3.05, 3.63) is 113 Å². The summed E-state index contributed by atoms with van der Waals surface area (Å²) < 4.78 is 24.9. The average Bonchev–Trinajstić information content (AvgIpc) is 3.06. The largest absolute Gasteiger partial charge is 0.486 e. The third kappa shape index (κ3) is 4.79. The maximum Gasteiger partial charge on any atom is 0.259 e. The van der Waals surface area contributed by atoms with Crippen LogP contribution in [0, 0.1) is 0 Å². The van der Waals surface area contributed by atoms with Crippen LogP contribution in [0.3, 0.4) is 0 Å². The summed E-state index contributed by atoms with van der Waals surface area (Å²) in [6.45, 7) is 3.16. The van der Waals surface area contributed by atoms with Crippen LogP contribution >= 0.6 is 0 Å². The fourth-order valence-corrected chi connectivity index (χ4v) is 6.17. The number of amides is 2. The van der Waals surface area contributed by atoms with Gasteiger partial charge in [-0.1, -0.05) is 48.5 Å². The Labute approximate surface area is 228 Å². The monoisotopic (exact) mass is 538 g/mol. The second-order valence-corrected chi connectivity index (χ2v) is 10.8. The molecule has 0 fully saturated rings. The van der Waals surface area contributed by atoms with E-state index in [4.69, 9.17) is 9.47 Å². The number of carbonyl (C=O) groups is 2. The molecule has 0 aliphatic carbocycles. The zero-order valence-electron chi connectivity index (χ0n) is 21.3. The van der Waals surface area contributed by atoms with Gasteiger partial charge >= 0.3 is 0 Å². The molecule has 0 saturated carbocycles. The summed E-state index contributed by atoms with van der Waals surface area (Å²) >= 11 is 0. The molecule has 0 radical (unpaired) electrons. The lowest BCUT2D eigenvalue weighted by Gasteiger charge is -2.24. The zero-order valence-corrected chi connectivity index (χ0v) is 22.1. The van der Waals surface area contributed by atoms with E-state index in [0.717, 1.165) is 11.1 Å². The lowest BCUT2D eigenvalue weighted by atomic mass is 10.1. The van der Waals surface area contributed by atoms with E-state index in [9.17, 15) is 13.8 Å². The molecule has 2 heterocycles. The minimum Gasteiger partial charge on any atom is -0.486 e. The first-order valence-electron chi connectivity index (χ1n) is 12.7. The minimum atomic E-state index is -1.59. The first kappa shape index (κ1) is 24.9. The smallest absolute Gasteiger partial charge is 0.259 e. The van der Waals surface area contributed by atoms with Gasteiger partial charge in [-0.05, 0) is 60.5 Å². The summed E-state index contributed by atoms with van der Waals surface area (Å²) in [5.41, 5.74) is 3.01. The fraction of sp³-hybridized carbons (Fsp3) is 0.161. The van der Waals surface area contributed by atoms with Gasteiger partial charge in [0.1, 0.15) is 13.2 Å². The van der Waals surface area contributed by atoms with Crippen molar-refractivity contribution in [2.75, 3.05) is 18.1 Å². The molecule has 0 bridgehead atoms. The van der Waals surface area contributed by atoms with Crippen LogP contribution in [0.2, 0.25) is 0 Å². The number of carbonyl (C=O) groups excluding carboxylic acids is 2. The standard InChI is InChI=1S/C31H26N2O5S/c1-20(22-11-13-26-27(18-22)38-16-15-37-26)32-30(34)23-12-14-29-25(17-23)33(19-21-7-3-2-4-8-21)31(35)24-9-5-6-10-28(24)39(29)36/h2-14,17-18,20H,15-16,19H2,1H3,(H,32,34)/t20-,39-/m0/s1. The van der Waals surface area contributed by atoms with Gasteiger partial charge in [-0.2, -0.15) is 0 Å². The quantitative estimate of drug-likeness (QED) is 0.374. The molecule has 2 atom stereocenters.